The van der Waals surface area contributed by atoms with E-state index in [1.165, 1.54) is 0 Å². The van der Waals surface area contributed by atoms with Crippen LogP contribution >= 0.6 is 15.9 Å². The van der Waals surface area contributed by atoms with Gasteiger partial charge in [-0.3, -0.25) is 0 Å². The first kappa shape index (κ1) is 13.7. The molecule has 0 radical (unpaired) electrons. The van der Waals surface area contributed by atoms with Gasteiger partial charge < -0.3 is 9.84 Å². The summed E-state index contributed by atoms with van der Waals surface area (Å²) in [4.78, 5) is 0. The van der Waals surface area contributed by atoms with Crippen LogP contribution in [0.1, 0.15) is 12.0 Å². The van der Waals surface area contributed by atoms with Gasteiger partial charge in [-0.15, -0.1) is 0 Å². The summed E-state index contributed by atoms with van der Waals surface area (Å²) in [5, 5.41) is 8.65. The van der Waals surface area contributed by atoms with E-state index in [1.807, 2.05) is 48.5 Å². The van der Waals surface area contributed by atoms with Crippen molar-refractivity contribution in [1.29, 1.82) is 0 Å². The monoisotopic (exact) mass is 316 g/mol. The summed E-state index contributed by atoms with van der Waals surface area (Å²) >= 11 is 3.38. The lowest BCUT2D eigenvalue weighted by Gasteiger charge is -2.05. The minimum absolute atomic E-state index is 0.0950. The van der Waals surface area contributed by atoms with Crippen molar-refractivity contribution in [3.05, 3.63) is 58.6 Å². The standard InChI is InChI=1S/C16H13BrO2/c17-14-6-10-16(11-7-14)19-15-8-4-13(5-9-15)3-1-2-12-18/h4-11,18H,2,12H2. The van der Waals surface area contributed by atoms with Crippen LogP contribution in [-0.4, -0.2) is 11.7 Å². The van der Waals surface area contributed by atoms with E-state index >= 15 is 0 Å². The zero-order valence-corrected chi connectivity index (χ0v) is 11.9. The second kappa shape index (κ2) is 6.98. The first-order valence-electron chi connectivity index (χ1n) is 5.91. The Morgan fingerprint density at radius 1 is 0.947 bits per heavy atom. The number of rotatable bonds is 3. The predicted octanol–water partition coefficient (Wildman–Crippen LogP) is 3.98. The van der Waals surface area contributed by atoms with Crippen LogP contribution in [0.5, 0.6) is 11.5 Å². The molecule has 0 amide bonds. The van der Waals surface area contributed by atoms with E-state index in [-0.39, 0.29) is 6.61 Å². The fourth-order valence-corrected chi connectivity index (χ4v) is 1.73. The summed E-state index contributed by atoms with van der Waals surface area (Å²) in [6, 6.07) is 15.2. The molecule has 0 heterocycles. The Bertz CT molecular complexity index is 577. The van der Waals surface area contributed by atoms with Crippen molar-refractivity contribution in [1.82, 2.24) is 0 Å². The van der Waals surface area contributed by atoms with E-state index in [2.05, 4.69) is 27.8 Å². The molecule has 0 fully saturated rings. The van der Waals surface area contributed by atoms with Crippen molar-refractivity contribution in [2.75, 3.05) is 6.61 Å². The second-order valence-electron chi connectivity index (χ2n) is 3.86. The Hall–Kier alpha value is -1.76. The number of hydrogen-bond donors (Lipinski definition) is 1. The third kappa shape index (κ3) is 4.44. The Balaban J connectivity index is 2.03. The molecule has 0 spiro atoms. The van der Waals surface area contributed by atoms with Crippen molar-refractivity contribution in [2.45, 2.75) is 6.42 Å². The Kier molecular flexibility index (Phi) is 5.02. The van der Waals surface area contributed by atoms with Gasteiger partial charge in [-0.05, 0) is 48.5 Å². The maximum absolute atomic E-state index is 8.65. The highest BCUT2D eigenvalue weighted by Crippen LogP contribution is 2.23. The normalized spacial score (nSPS) is 9.58. The van der Waals surface area contributed by atoms with Crippen LogP contribution < -0.4 is 4.74 Å². The van der Waals surface area contributed by atoms with Gasteiger partial charge >= 0.3 is 0 Å². The van der Waals surface area contributed by atoms with Gasteiger partial charge in [-0.25, -0.2) is 0 Å². The zero-order chi connectivity index (χ0) is 13.5. The number of aliphatic hydroxyl groups excluding tert-OH is 1. The van der Waals surface area contributed by atoms with Crippen LogP contribution in [0.25, 0.3) is 0 Å². The molecule has 0 saturated heterocycles. The molecule has 0 aromatic heterocycles. The Labute approximate surface area is 121 Å². The summed E-state index contributed by atoms with van der Waals surface area (Å²) in [6.07, 6.45) is 0.497. The van der Waals surface area contributed by atoms with E-state index in [9.17, 15) is 0 Å². The minimum atomic E-state index is 0.0950. The molecule has 0 aliphatic heterocycles. The molecule has 0 aliphatic rings. The maximum atomic E-state index is 8.65. The summed E-state index contributed by atoms with van der Waals surface area (Å²) in [7, 11) is 0. The lowest BCUT2D eigenvalue weighted by atomic mass is 10.2. The predicted molar refractivity (Wildman–Crippen MR) is 79.2 cm³/mol. The van der Waals surface area contributed by atoms with Crippen LogP contribution in [0.15, 0.2) is 53.0 Å². The zero-order valence-electron chi connectivity index (χ0n) is 10.3. The summed E-state index contributed by atoms with van der Waals surface area (Å²) in [5.74, 6) is 7.42. The first-order valence-corrected chi connectivity index (χ1v) is 6.70. The highest BCUT2D eigenvalue weighted by atomic mass is 79.9. The molecule has 2 rings (SSSR count). The molecule has 0 aliphatic carbocycles. The molecule has 3 heteroatoms. The lowest BCUT2D eigenvalue weighted by molar-refractivity contribution is 0.305. The van der Waals surface area contributed by atoms with Crippen molar-refractivity contribution in [3.8, 4) is 23.3 Å². The topological polar surface area (TPSA) is 29.5 Å². The summed E-state index contributed by atoms with van der Waals surface area (Å²) in [5.41, 5.74) is 0.914. The highest BCUT2D eigenvalue weighted by molar-refractivity contribution is 9.10. The fourth-order valence-electron chi connectivity index (χ4n) is 1.47. The minimum Gasteiger partial charge on any atom is -0.457 e. The lowest BCUT2D eigenvalue weighted by Crippen LogP contribution is -1.84. The molecule has 0 saturated carbocycles. The number of aliphatic hydroxyl groups is 1. The van der Waals surface area contributed by atoms with Gasteiger partial charge in [0.15, 0.2) is 0 Å². The number of hydrogen-bond acceptors (Lipinski definition) is 2. The molecule has 96 valence electrons. The smallest absolute Gasteiger partial charge is 0.127 e. The van der Waals surface area contributed by atoms with Crippen LogP contribution in [0.2, 0.25) is 0 Å². The Morgan fingerprint density at radius 2 is 1.53 bits per heavy atom. The molecule has 0 bridgehead atoms. The fraction of sp³-hybridized carbons (Fsp3) is 0.125. The second-order valence-corrected chi connectivity index (χ2v) is 4.77. The number of halogens is 1. The van der Waals surface area contributed by atoms with Crippen molar-refractivity contribution < 1.29 is 9.84 Å². The van der Waals surface area contributed by atoms with Gasteiger partial charge in [-0.1, -0.05) is 27.8 Å². The van der Waals surface area contributed by atoms with Crippen LogP contribution in [0, 0.1) is 11.8 Å². The Morgan fingerprint density at radius 3 is 2.11 bits per heavy atom. The van der Waals surface area contributed by atoms with E-state index in [0.717, 1.165) is 21.5 Å². The van der Waals surface area contributed by atoms with Crippen LogP contribution in [0.4, 0.5) is 0 Å². The van der Waals surface area contributed by atoms with E-state index < -0.39 is 0 Å². The average Bonchev–Trinajstić information content (AvgIpc) is 2.44. The van der Waals surface area contributed by atoms with Crippen molar-refractivity contribution >= 4 is 15.9 Å². The molecule has 2 nitrogen and oxygen atoms in total. The van der Waals surface area contributed by atoms with Crippen molar-refractivity contribution in [3.63, 3.8) is 0 Å². The third-order valence-corrected chi connectivity index (χ3v) is 2.90. The molecule has 0 atom stereocenters. The van der Waals surface area contributed by atoms with Gasteiger partial charge in [0.05, 0.1) is 6.61 Å². The van der Waals surface area contributed by atoms with Gasteiger partial charge in [0, 0.05) is 16.5 Å². The van der Waals surface area contributed by atoms with Crippen molar-refractivity contribution in [2.24, 2.45) is 0 Å². The molecule has 19 heavy (non-hydrogen) atoms. The first-order chi connectivity index (χ1) is 9.28. The molecule has 0 unspecified atom stereocenters. The number of benzene rings is 2. The maximum Gasteiger partial charge on any atom is 0.127 e. The summed E-state index contributed by atoms with van der Waals surface area (Å²) < 4.78 is 6.73. The van der Waals surface area contributed by atoms with Crippen LogP contribution in [-0.2, 0) is 0 Å². The number of ether oxygens (including phenoxy) is 1. The molecular formula is C16H13BrO2. The highest BCUT2D eigenvalue weighted by Gasteiger charge is 1.97. The van der Waals surface area contributed by atoms with Gasteiger partial charge in [0.1, 0.15) is 11.5 Å². The molecule has 2 aromatic rings. The molecule has 2 aromatic carbocycles. The SMILES string of the molecule is OCCC#Cc1ccc(Oc2ccc(Br)cc2)cc1. The summed E-state index contributed by atoms with van der Waals surface area (Å²) in [6.45, 7) is 0.0950. The largest absolute Gasteiger partial charge is 0.457 e. The van der Waals surface area contributed by atoms with Gasteiger partial charge in [-0.2, -0.15) is 0 Å². The molecule has 1 N–H and O–H groups in total. The third-order valence-electron chi connectivity index (χ3n) is 2.37. The molecular weight excluding hydrogens is 304 g/mol. The van der Waals surface area contributed by atoms with E-state index in [4.69, 9.17) is 9.84 Å². The van der Waals surface area contributed by atoms with E-state index in [1.54, 1.807) is 0 Å². The quantitative estimate of drug-likeness (QED) is 0.868. The van der Waals surface area contributed by atoms with Gasteiger partial charge in [0.2, 0.25) is 0 Å². The average molecular weight is 317 g/mol. The van der Waals surface area contributed by atoms with Gasteiger partial charge in [0.25, 0.3) is 0 Å². The van der Waals surface area contributed by atoms with Crippen LogP contribution in [0.3, 0.4) is 0 Å². The van der Waals surface area contributed by atoms with E-state index in [0.29, 0.717) is 6.42 Å².